The highest BCUT2D eigenvalue weighted by atomic mass is 31.1. The summed E-state index contributed by atoms with van der Waals surface area (Å²) in [5.74, 6) is 0.746. The van der Waals surface area contributed by atoms with E-state index in [-0.39, 0.29) is 7.92 Å². The van der Waals surface area contributed by atoms with Gasteiger partial charge in [-0.2, -0.15) is 0 Å². The first kappa shape index (κ1) is 21.1. The van der Waals surface area contributed by atoms with Gasteiger partial charge in [0.25, 0.3) is 0 Å². The first-order valence-electron chi connectivity index (χ1n) is 10.3. The SMILES string of the molecule is C[C@H]([C@@H]1CCC[C@@H]1P(c1ccco1)c1ccco1)P(C(C)(C)C)C(C)(C)C. The van der Waals surface area contributed by atoms with Gasteiger partial charge in [0.2, 0.25) is 0 Å². The minimum absolute atomic E-state index is 0.132. The number of furan rings is 2. The maximum absolute atomic E-state index is 5.93. The van der Waals surface area contributed by atoms with Crippen molar-refractivity contribution in [3.63, 3.8) is 0 Å². The molecule has 0 spiro atoms. The molecule has 3 atom stereocenters. The van der Waals surface area contributed by atoms with E-state index >= 15 is 0 Å². The molecule has 1 fully saturated rings. The Kier molecular flexibility index (Phi) is 6.29. The average molecular weight is 406 g/mol. The van der Waals surface area contributed by atoms with Gasteiger partial charge in [-0.15, -0.1) is 0 Å². The summed E-state index contributed by atoms with van der Waals surface area (Å²) < 4.78 is 11.9. The van der Waals surface area contributed by atoms with Gasteiger partial charge >= 0.3 is 0 Å². The van der Waals surface area contributed by atoms with Gasteiger partial charge in [0, 0.05) is 7.92 Å². The van der Waals surface area contributed by atoms with Gasteiger partial charge in [-0.25, -0.2) is 0 Å². The van der Waals surface area contributed by atoms with Gasteiger partial charge in [-0.3, -0.25) is 0 Å². The van der Waals surface area contributed by atoms with Crippen molar-refractivity contribution < 1.29 is 8.83 Å². The van der Waals surface area contributed by atoms with E-state index < -0.39 is 7.92 Å². The standard InChI is InChI=1S/C23H36O2P2/c1-17(27(22(2,3)4)23(5,6)7)18-11-8-12-19(18)26(20-13-9-15-24-20)21-14-10-16-25-21/h9-10,13-19H,8,11-12H2,1-7H3/t17-,18+,19+/m1/s1. The molecule has 0 radical (unpaired) electrons. The fourth-order valence-electron chi connectivity index (χ4n) is 5.52. The van der Waals surface area contributed by atoms with Crippen molar-refractivity contribution >= 4 is 26.8 Å². The predicted octanol–water partition coefficient (Wildman–Crippen LogP) is 6.94. The smallest absolute Gasteiger partial charge is 0.133 e. The zero-order valence-electron chi connectivity index (χ0n) is 18.0. The number of rotatable bonds is 5. The Morgan fingerprint density at radius 1 is 0.889 bits per heavy atom. The van der Waals surface area contributed by atoms with Crippen molar-refractivity contribution in [1.82, 2.24) is 0 Å². The van der Waals surface area contributed by atoms with Gasteiger partial charge in [0.05, 0.1) is 12.5 Å². The van der Waals surface area contributed by atoms with Crippen molar-refractivity contribution in [3.05, 3.63) is 36.8 Å². The molecule has 0 amide bonds. The Morgan fingerprint density at radius 2 is 1.41 bits per heavy atom. The fourth-order valence-corrected chi connectivity index (χ4v) is 13.8. The maximum atomic E-state index is 5.93. The molecular weight excluding hydrogens is 370 g/mol. The van der Waals surface area contributed by atoms with Crippen LogP contribution in [0.1, 0.15) is 67.7 Å². The van der Waals surface area contributed by atoms with Crippen molar-refractivity contribution in [2.45, 2.75) is 89.4 Å². The van der Waals surface area contributed by atoms with Gasteiger partial charge in [0.15, 0.2) is 0 Å². The summed E-state index contributed by atoms with van der Waals surface area (Å²) in [4.78, 5) is 0. The number of hydrogen-bond acceptors (Lipinski definition) is 2. The van der Waals surface area contributed by atoms with E-state index in [9.17, 15) is 0 Å². The number of hydrogen-bond donors (Lipinski definition) is 0. The van der Waals surface area contributed by atoms with Gasteiger partial charge < -0.3 is 8.83 Å². The van der Waals surface area contributed by atoms with Crippen molar-refractivity contribution in [2.75, 3.05) is 0 Å². The van der Waals surface area contributed by atoms with Gasteiger partial charge in [-0.05, 0) is 64.7 Å². The molecule has 27 heavy (non-hydrogen) atoms. The van der Waals surface area contributed by atoms with Crippen LogP contribution in [-0.2, 0) is 0 Å². The lowest BCUT2D eigenvalue weighted by Gasteiger charge is -2.48. The maximum Gasteiger partial charge on any atom is 0.133 e. The molecule has 2 heterocycles. The summed E-state index contributed by atoms with van der Waals surface area (Å²) in [6.07, 6.45) is 7.60. The molecular formula is C23H36O2P2. The molecule has 0 N–H and O–H groups in total. The molecule has 150 valence electrons. The minimum Gasteiger partial charge on any atom is -0.464 e. The molecule has 1 saturated carbocycles. The largest absolute Gasteiger partial charge is 0.464 e. The second-order valence-electron chi connectivity index (χ2n) is 9.89. The minimum atomic E-state index is -0.569. The molecule has 0 aromatic carbocycles. The molecule has 1 aliphatic rings. The van der Waals surface area contributed by atoms with E-state index in [0.717, 1.165) is 22.6 Å². The summed E-state index contributed by atoms with van der Waals surface area (Å²) in [6.45, 7) is 17.2. The van der Waals surface area contributed by atoms with E-state index in [4.69, 9.17) is 8.83 Å². The molecule has 0 unspecified atom stereocenters. The van der Waals surface area contributed by atoms with E-state index in [0.29, 0.717) is 16.0 Å². The summed E-state index contributed by atoms with van der Waals surface area (Å²) in [5, 5.41) is 0.719. The molecule has 0 bridgehead atoms. The second-order valence-corrected chi connectivity index (χ2v) is 16.4. The van der Waals surface area contributed by atoms with Crippen LogP contribution in [0.15, 0.2) is 45.6 Å². The first-order chi connectivity index (χ1) is 12.6. The third-order valence-corrected chi connectivity index (χ3v) is 12.7. The van der Waals surface area contributed by atoms with E-state index in [2.05, 4.69) is 60.6 Å². The van der Waals surface area contributed by atoms with Crippen LogP contribution >= 0.6 is 15.8 Å². The predicted molar refractivity (Wildman–Crippen MR) is 121 cm³/mol. The normalized spacial score (nSPS) is 22.7. The van der Waals surface area contributed by atoms with Crippen molar-refractivity contribution in [1.29, 1.82) is 0 Å². The van der Waals surface area contributed by atoms with Crippen molar-refractivity contribution in [3.8, 4) is 0 Å². The molecule has 0 aliphatic heterocycles. The summed E-state index contributed by atoms with van der Waals surface area (Å²) in [6, 6.07) is 8.37. The quantitative estimate of drug-likeness (QED) is 0.503. The van der Waals surface area contributed by atoms with Crippen LogP contribution in [0, 0.1) is 5.92 Å². The molecule has 1 aliphatic carbocycles. The van der Waals surface area contributed by atoms with Crippen LogP contribution in [0.5, 0.6) is 0 Å². The molecule has 3 rings (SSSR count). The third-order valence-electron chi connectivity index (χ3n) is 5.82. The van der Waals surface area contributed by atoms with E-state index in [1.807, 2.05) is 24.7 Å². The average Bonchev–Trinajstić information content (AvgIpc) is 3.28. The van der Waals surface area contributed by atoms with Crippen LogP contribution in [0.3, 0.4) is 0 Å². The zero-order valence-corrected chi connectivity index (χ0v) is 19.8. The van der Waals surface area contributed by atoms with Gasteiger partial charge in [0.1, 0.15) is 11.0 Å². The second kappa shape index (κ2) is 8.04. The molecule has 2 nitrogen and oxygen atoms in total. The lowest BCUT2D eigenvalue weighted by atomic mass is 10.0. The fraction of sp³-hybridized carbons (Fsp3) is 0.652. The van der Waals surface area contributed by atoms with E-state index in [1.165, 1.54) is 19.3 Å². The monoisotopic (exact) mass is 406 g/mol. The summed E-state index contributed by atoms with van der Waals surface area (Å²) >= 11 is 0. The van der Waals surface area contributed by atoms with Crippen LogP contribution in [0.2, 0.25) is 0 Å². The highest BCUT2D eigenvalue weighted by Gasteiger charge is 2.47. The van der Waals surface area contributed by atoms with Crippen LogP contribution in [0.25, 0.3) is 0 Å². The highest BCUT2D eigenvalue weighted by molar-refractivity contribution is 7.73. The van der Waals surface area contributed by atoms with E-state index in [1.54, 1.807) is 0 Å². The Hall–Kier alpha value is -0.580. The third kappa shape index (κ3) is 4.54. The highest BCUT2D eigenvalue weighted by Crippen LogP contribution is 2.67. The lowest BCUT2D eigenvalue weighted by Crippen LogP contribution is -2.37. The van der Waals surface area contributed by atoms with Crippen LogP contribution in [0.4, 0.5) is 0 Å². The Labute approximate surface area is 168 Å². The lowest BCUT2D eigenvalue weighted by molar-refractivity contribution is 0.522. The Balaban J connectivity index is 1.95. The Bertz CT molecular complexity index is 644. The van der Waals surface area contributed by atoms with Crippen molar-refractivity contribution in [2.24, 2.45) is 5.92 Å². The molecule has 2 aromatic heterocycles. The van der Waals surface area contributed by atoms with Crippen LogP contribution in [-0.4, -0.2) is 21.6 Å². The molecule has 2 aromatic rings. The zero-order chi connectivity index (χ0) is 19.8. The topological polar surface area (TPSA) is 26.3 Å². The summed E-state index contributed by atoms with van der Waals surface area (Å²) in [7, 11) is -0.701. The molecule has 0 saturated heterocycles. The summed E-state index contributed by atoms with van der Waals surface area (Å²) in [5.41, 5.74) is 3.64. The Morgan fingerprint density at radius 3 is 1.81 bits per heavy atom. The molecule has 4 heteroatoms. The van der Waals surface area contributed by atoms with Gasteiger partial charge in [-0.1, -0.05) is 62.8 Å². The first-order valence-corrected chi connectivity index (χ1v) is 13.1. The van der Waals surface area contributed by atoms with Crippen LogP contribution < -0.4 is 11.0 Å².